The van der Waals surface area contributed by atoms with Crippen LogP contribution in [0.5, 0.6) is 11.5 Å². The number of nitrogens with one attached hydrogen (secondary N) is 1. The van der Waals surface area contributed by atoms with Crippen molar-refractivity contribution in [3.63, 3.8) is 0 Å². The summed E-state index contributed by atoms with van der Waals surface area (Å²) >= 11 is 0. The van der Waals surface area contributed by atoms with Gasteiger partial charge in [0.15, 0.2) is 11.5 Å². The molecule has 1 aliphatic rings. The van der Waals surface area contributed by atoms with Gasteiger partial charge in [-0.2, -0.15) is 4.68 Å². The molecule has 0 spiro atoms. The zero-order chi connectivity index (χ0) is 23.4. The summed E-state index contributed by atoms with van der Waals surface area (Å²) in [6.45, 7) is 8.69. The molecule has 1 aromatic heterocycles. The van der Waals surface area contributed by atoms with E-state index in [1.54, 1.807) is 18.5 Å². The van der Waals surface area contributed by atoms with Crippen molar-refractivity contribution in [2.45, 2.75) is 40.3 Å². The highest BCUT2D eigenvalue weighted by molar-refractivity contribution is 5.92. The Labute approximate surface area is 192 Å². The van der Waals surface area contributed by atoms with Crippen LogP contribution in [0.25, 0.3) is 0 Å². The summed E-state index contributed by atoms with van der Waals surface area (Å²) in [5.74, 6) is 1.22. The van der Waals surface area contributed by atoms with Crippen molar-refractivity contribution in [1.29, 1.82) is 0 Å². The lowest BCUT2D eigenvalue weighted by Crippen LogP contribution is -2.29. The molecule has 33 heavy (non-hydrogen) atoms. The van der Waals surface area contributed by atoms with Gasteiger partial charge in [-0.25, -0.2) is 4.79 Å². The number of carbonyl (C=O) groups is 1. The minimum absolute atomic E-state index is 0.265. The van der Waals surface area contributed by atoms with E-state index < -0.39 is 12.0 Å². The van der Waals surface area contributed by atoms with Gasteiger partial charge in [-0.15, -0.1) is 0 Å². The standard InChI is InChI=1S/C24H27N5O4/c1-5-31-20-13-17(11-12-19(20)33-14-18-10-8-7-9-15(18)3)22-21(23(30)32-6-2)16(4)25-24-26-27-28-29(22)24/h7-13,22H,5-6,14H2,1-4H3,(H,25,26,28). The van der Waals surface area contributed by atoms with Gasteiger partial charge in [0.1, 0.15) is 12.6 Å². The number of benzene rings is 2. The number of nitrogens with zero attached hydrogens (tertiary/aromatic N) is 4. The lowest BCUT2D eigenvalue weighted by atomic mass is 9.95. The Morgan fingerprint density at radius 1 is 1.06 bits per heavy atom. The molecule has 2 heterocycles. The van der Waals surface area contributed by atoms with E-state index in [1.807, 2.05) is 43.3 Å². The van der Waals surface area contributed by atoms with Gasteiger partial charge in [0, 0.05) is 5.70 Å². The lowest BCUT2D eigenvalue weighted by Gasteiger charge is -2.27. The van der Waals surface area contributed by atoms with E-state index in [1.165, 1.54) is 0 Å². The number of aromatic nitrogens is 4. The molecular weight excluding hydrogens is 422 g/mol. The molecule has 1 atom stereocenters. The highest BCUT2D eigenvalue weighted by atomic mass is 16.5. The van der Waals surface area contributed by atoms with Gasteiger partial charge < -0.3 is 19.5 Å². The number of hydrogen-bond acceptors (Lipinski definition) is 8. The van der Waals surface area contributed by atoms with Crippen LogP contribution in [-0.2, 0) is 16.1 Å². The fourth-order valence-corrected chi connectivity index (χ4v) is 3.80. The van der Waals surface area contributed by atoms with Crippen molar-refractivity contribution >= 4 is 11.9 Å². The molecule has 0 saturated heterocycles. The molecule has 172 valence electrons. The van der Waals surface area contributed by atoms with Crippen LogP contribution in [0.1, 0.15) is 43.5 Å². The zero-order valence-corrected chi connectivity index (χ0v) is 19.2. The minimum atomic E-state index is -0.570. The van der Waals surface area contributed by atoms with Gasteiger partial charge in [-0.05, 0) is 66.9 Å². The van der Waals surface area contributed by atoms with Crippen LogP contribution in [0.2, 0.25) is 0 Å². The van der Waals surface area contributed by atoms with Gasteiger partial charge in [-0.1, -0.05) is 35.4 Å². The molecule has 0 fully saturated rings. The van der Waals surface area contributed by atoms with Gasteiger partial charge >= 0.3 is 5.97 Å². The van der Waals surface area contributed by atoms with Gasteiger partial charge in [0.2, 0.25) is 5.95 Å². The molecule has 4 rings (SSSR count). The van der Waals surface area contributed by atoms with Crippen molar-refractivity contribution in [2.75, 3.05) is 18.5 Å². The Balaban J connectivity index is 1.71. The summed E-state index contributed by atoms with van der Waals surface area (Å²) in [5.41, 5.74) is 4.11. The van der Waals surface area contributed by atoms with E-state index in [4.69, 9.17) is 14.2 Å². The second kappa shape index (κ2) is 9.72. The molecule has 0 radical (unpaired) electrons. The SMILES string of the molecule is CCOC(=O)C1=C(C)Nc2nnnn2C1c1ccc(OCc2ccccc2C)c(OCC)c1. The van der Waals surface area contributed by atoms with E-state index in [-0.39, 0.29) is 6.61 Å². The first-order valence-electron chi connectivity index (χ1n) is 10.9. The maximum absolute atomic E-state index is 12.8. The molecule has 3 aromatic rings. The molecule has 0 bridgehead atoms. The number of rotatable bonds is 8. The number of anilines is 1. The number of ether oxygens (including phenoxy) is 3. The Bertz CT molecular complexity index is 1190. The maximum atomic E-state index is 12.8. The first-order chi connectivity index (χ1) is 16.0. The Morgan fingerprint density at radius 3 is 2.64 bits per heavy atom. The molecular formula is C24H27N5O4. The quantitative estimate of drug-likeness (QED) is 0.518. The van der Waals surface area contributed by atoms with E-state index in [0.717, 1.165) is 16.7 Å². The fraction of sp³-hybridized carbons (Fsp3) is 0.333. The third kappa shape index (κ3) is 4.52. The Kier molecular flexibility index (Phi) is 6.58. The van der Waals surface area contributed by atoms with Crippen molar-refractivity contribution in [3.8, 4) is 11.5 Å². The van der Waals surface area contributed by atoms with E-state index in [2.05, 4.69) is 33.8 Å². The molecule has 0 amide bonds. The second-order valence-electron chi connectivity index (χ2n) is 7.59. The summed E-state index contributed by atoms with van der Waals surface area (Å²) in [7, 11) is 0. The highest BCUT2D eigenvalue weighted by Gasteiger charge is 2.35. The molecule has 0 aliphatic carbocycles. The second-order valence-corrected chi connectivity index (χ2v) is 7.59. The summed E-state index contributed by atoms with van der Waals surface area (Å²) in [5, 5.41) is 15.0. The van der Waals surface area contributed by atoms with Crippen molar-refractivity contribution in [1.82, 2.24) is 20.2 Å². The van der Waals surface area contributed by atoms with Crippen LogP contribution >= 0.6 is 0 Å². The van der Waals surface area contributed by atoms with Gasteiger partial charge in [0.25, 0.3) is 0 Å². The average molecular weight is 450 g/mol. The number of tetrazole rings is 1. The number of hydrogen-bond donors (Lipinski definition) is 1. The summed E-state index contributed by atoms with van der Waals surface area (Å²) in [4.78, 5) is 12.8. The van der Waals surface area contributed by atoms with Crippen molar-refractivity contribution < 1.29 is 19.0 Å². The van der Waals surface area contributed by atoms with Crippen LogP contribution in [0.15, 0.2) is 53.7 Å². The summed E-state index contributed by atoms with van der Waals surface area (Å²) < 4.78 is 18.9. The topological polar surface area (TPSA) is 100 Å². The van der Waals surface area contributed by atoms with E-state index >= 15 is 0 Å². The number of carbonyl (C=O) groups excluding carboxylic acids is 1. The molecule has 1 aliphatic heterocycles. The van der Waals surface area contributed by atoms with Crippen LogP contribution in [0, 0.1) is 6.92 Å². The van der Waals surface area contributed by atoms with Crippen LogP contribution in [0.4, 0.5) is 5.95 Å². The monoisotopic (exact) mass is 449 g/mol. The maximum Gasteiger partial charge on any atom is 0.338 e. The summed E-state index contributed by atoms with van der Waals surface area (Å²) in [6.07, 6.45) is 0. The largest absolute Gasteiger partial charge is 0.490 e. The molecule has 1 unspecified atom stereocenters. The minimum Gasteiger partial charge on any atom is -0.490 e. The Hall–Kier alpha value is -3.88. The van der Waals surface area contributed by atoms with Crippen LogP contribution in [-0.4, -0.2) is 39.4 Å². The Morgan fingerprint density at radius 2 is 1.88 bits per heavy atom. The van der Waals surface area contributed by atoms with E-state index in [9.17, 15) is 4.79 Å². The van der Waals surface area contributed by atoms with Crippen LogP contribution in [0.3, 0.4) is 0 Å². The lowest BCUT2D eigenvalue weighted by molar-refractivity contribution is -0.139. The first kappa shape index (κ1) is 22.3. The number of esters is 1. The molecule has 9 nitrogen and oxygen atoms in total. The summed E-state index contributed by atoms with van der Waals surface area (Å²) in [6, 6.07) is 13.1. The molecule has 0 saturated carbocycles. The predicted octanol–water partition coefficient (Wildman–Crippen LogP) is 3.81. The van der Waals surface area contributed by atoms with Crippen molar-refractivity contribution in [2.24, 2.45) is 0 Å². The van der Waals surface area contributed by atoms with Gasteiger partial charge in [-0.3, -0.25) is 0 Å². The molecule has 2 aromatic carbocycles. The predicted molar refractivity (Wildman–Crippen MR) is 122 cm³/mol. The number of aryl methyl sites for hydroxylation is 1. The normalized spacial score (nSPS) is 15.0. The fourth-order valence-electron chi connectivity index (χ4n) is 3.80. The third-order valence-electron chi connectivity index (χ3n) is 5.44. The highest BCUT2D eigenvalue weighted by Crippen LogP contribution is 2.39. The third-order valence-corrected chi connectivity index (χ3v) is 5.44. The number of fused-ring (bicyclic) bond motifs is 1. The smallest absolute Gasteiger partial charge is 0.338 e. The van der Waals surface area contributed by atoms with Gasteiger partial charge in [0.05, 0.1) is 18.8 Å². The first-order valence-corrected chi connectivity index (χ1v) is 10.9. The van der Waals surface area contributed by atoms with E-state index in [0.29, 0.717) is 41.9 Å². The average Bonchev–Trinajstić information content (AvgIpc) is 3.26. The van der Waals surface area contributed by atoms with Crippen molar-refractivity contribution in [3.05, 3.63) is 70.4 Å². The van der Waals surface area contributed by atoms with Crippen LogP contribution < -0.4 is 14.8 Å². The molecule has 9 heteroatoms. The number of allylic oxidation sites excluding steroid dienone is 1. The zero-order valence-electron chi connectivity index (χ0n) is 19.2. The molecule has 1 N–H and O–H groups in total.